The Kier molecular flexibility index (Phi) is 8.47. The molecule has 21 heavy (non-hydrogen) atoms. The van der Waals surface area contributed by atoms with Gasteiger partial charge in [-0.3, -0.25) is 5.32 Å². The lowest BCUT2D eigenvalue weighted by Crippen LogP contribution is -2.38. The third-order valence-corrected chi connectivity index (χ3v) is 3.16. The highest BCUT2D eigenvalue weighted by atomic mass is 16.6. The van der Waals surface area contributed by atoms with Gasteiger partial charge in [-0.05, 0) is 32.1 Å². The largest absolute Gasteiger partial charge is 0.442 e. The number of hydrogen-bond acceptors (Lipinski definition) is 4. The summed E-state index contributed by atoms with van der Waals surface area (Å²) in [6.07, 6.45) is -0.716. The van der Waals surface area contributed by atoms with Gasteiger partial charge in [0.25, 0.3) is 0 Å². The molecule has 0 spiro atoms. The summed E-state index contributed by atoms with van der Waals surface area (Å²) >= 11 is 0. The van der Waals surface area contributed by atoms with Gasteiger partial charge in [-0.15, -0.1) is 0 Å². The number of para-hydroxylation sites is 1. The Morgan fingerprint density at radius 1 is 1.19 bits per heavy atom. The predicted octanol–water partition coefficient (Wildman–Crippen LogP) is 2.98. The molecule has 1 aromatic rings. The van der Waals surface area contributed by atoms with Crippen molar-refractivity contribution < 1.29 is 14.3 Å². The SMILES string of the molecule is CCOC[C@@H](CN(CC)CC)OC(=O)Nc1ccccc1. The second-order valence-corrected chi connectivity index (χ2v) is 4.66. The summed E-state index contributed by atoms with van der Waals surface area (Å²) in [6, 6.07) is 9.27. The minimum atomic E-state index is -0.446. The van der Waals surface area contributed by atoms with Crippen molar-refractivity contribution in [1.29, 1.82) is 0 Å². The van der Waals surface area contributed by atoms with Crippen LogP contribution in [0, 0.1) is 0 Å². The zero-order chi connectivity index (χ0) is 15.5. The summed E-state index contributed by atoms with van der Waals surface area (Å²) in [4.78, 5) is 14.1. The van der Waals surface area contributed by atoms with Crippen molar-refractivity contribution in [2.45, 2.75) is 26.9 Å². The maximum atomic E-state index is 11.9. The lowest BCUT2D eigenvalue weighted by atomic mass is 10.3. The quantitative estimate of drug-likeness (QED) is 0.760. The number of nitrogens with one attached hydrogen (secondary N) is 1. The zero-order valence-electron chi connectivity index (χ0n) is 13.2. The van der Waals surface area contributed by atoms with Gasteiger partial charge >= 0.3 is 6.09 Å². The number of hydrogen-bond donors (Lipinski definition) is 1. The number of benzene rings is 1. The molecule has 0 aliphatic rings. The Hall–Kier alpha value is -1.59. The standard InChI is InChI=1S/C16H26N2O3/c1-4-18(5-2)12-15(13-20-6-3)21-16(19)17-14-10-8-7-9-11-14/h7-11,15H,4-6,12-13H2,1-3H3,(H,17,19)/t15-/m1/s1. The number of nitrogens with zero attached hydrogens (tertiary/aromatic N) is 1. The van der Waals surface area contributed by atoms with E-state index >= 15 is 0 Å². The molecule has 1 amide bonds. The van der Waals surface area contributed by atoms with Gasteiger partial charge in [0, 0.05) is 18.8 Å². The first-order valence-corrected chi connectivity index (χ1v) is 7.52. The third-order valence-electron chi connectivity index (χ3n) is 3.16. The van der Waals surface area contributed by atoms with E-state index in [9.17, 15) is 4.79 Å². The fourth-order valence-electron chi connectivity index (χ4n) is 1.96. The number of carbonyl (C=O) groups is 1. The Morgan fingerprint density at radius 2 is 1.86 bits per heavy atom. The highest BCUT2D eigenvalue weighted by Gasteiger charge is 2.17. The number of amides is 1. The summed E-state index contributed by atoms with van der Waals surface area (Å²) in [7, 11) is 0. The molecule has 118 valence electrons. The normalized spacial score (nSPS) is 12.2. The molecule has 0 heterocycles. The number of carbonyl (C=O) groups excluding carboxylic acids is 1. The van der Waals surface area contributed by atoms with E-state index < -0.39 is 6.09 Å². The molecule has 0 aliphatic carbocycles. The number of likely N-dealkylation sites (N-methyl/N-ethyl adjacent to an activating group) is 1. The van der Waals surface area contributed by atoms with Crippen LogP contribution in [0.15, 0.2) is 30.3 Å². The van der Waals surface area contributed by atoms with Crippen molar-refractivity contribution in [3.63, 3.8) is 0 Å². The van der Waals surface area contributed by atoms with Crippen LogP contribution in [-0.4, -0.2) is 49.9 Å². The van der Waals surface area contributed by atoms with Crippen molar-refractivity contribution in [2.24, 2.45) is 0 Å². The lowest BCUT2D eigenvalue weighted by molar-refractivity contribution is 0.0125. The second kappa shape index (κ2) is 10.2. The fraction of sp³-hybridized carbons (Fsp3) is 0.562. The zero-order valence-corrected chi connectivity index (χ0v) is 13.2. The van der Waals surface area contributed by atoms with Gasteiger partial charge in [0.05, 0.1) is 6.61 Å². The van der Waals surface area contributed by atoms with Crippen LogP contribution in [0.4, 0.5) is 10.5 Å². The molecule has 5 heteroatoms. The molecular formula is C16H26N2O3. The van der Waals surface area contributed by atoms with Gasteiger partial charge in [0.1, 0.15) is 6.10 Å². The third kappa shape index (κ3) is 7.11. The Labute approximate surface area is 127 Å². The van der Waals surface area contributed by atoms with Crippen LogP contribution in [0.25, 0.3) is 0 Å². The first kappa shape index (κ1) is 17.5. The van der Waals surface area contributed by atoms with Gasteiger partial charge in [-0.2, -0.15) is 0 Å². The van der Waals surface area contributed by atoms with Crippen molar-refractivity contribution in [3.8, 4) is 0 Å². The van der Waals surface area contributed by atoms with Gasteiger partial charge in [-0.1, -0.05) is 32.0 Å². The van der Waals surface area contributed by atoms with E-state index in [2.05, 4.69) is 24.1 Å². The monoisotopic (exact) mass is 294 g/mol. The lowest BCUT2D eigenvalue weighted by Gasteiger charge is -2.25. The average molecular weight is 294 g/mol. The first-order chi connectivity index (χ1) is 10.2. The molecule has 5 nitrogen and oxygen atoms in total. The number of anilines is 1. The van der Waals surface area contributed by atoms with Crippen LogP contribution in [0.3, 0.4) is 0 Å². The molecule has 0 fully saturated rings. The van der Waals surface area contributed by atoms with E-state index in [0.29, 0.717) is 19.8 Å². The summed E-state index contributed by atoms with van der Waals surface area (Å²) in [6.45, 7) is 9.64. The highest BCUT2D eigenvalue weighted by Crippen LogP contribution is 2.07. The summed E-state index contributed by atoms with van der Waals surface area (Å²) in [5, 5.41) is 2.72. The number of rotatable bonds is 9. The highest BCUT2D eigenvalue weighted by molar-refractivity contribution is 5.84. The van der Waals surface area contributed by atoms with Crippen molar-refractivity contribution in [2.75, 3.05) is 38.2 Å². The minimum absolute atomic E-state index is 0.270. The second-order valence-electron chi connectivity index (χ2n) is 4.66. The van der Waals surface area contributed by atoms with Crippen molar-refractivity contribution in [3.05, 3.63) is 30.3 Å². The summed E-state index contributed by atoms with van der Waals surface area (Å²) < 4.78 is 10.9. The van der Waals surface area contributed by atoms with E-state index in [4.69, 9.17) is 9.47 Å². The van der Waals surface area contributed by atoms with Crippen LogP contribution >= 0.6 is 0 Å². The van der Waals surface area contributed by atoms with Gasteiger partial charge in [0.2, 0.25) is 0 Å². The van der Waals surface area contributed by atoms with Crippen LogP contribution in [-0.2, 0) is 9.47 Å². The number of ether oxygens (including phenoxy) is 2. The summed E-state index contributed by atoms with van der Waals surface area (Å²) in [5.74, 6) is 0. The first-order valence-electron chi connectivity index (χ1n) is 7.52. The van der Waals surface area contributed by atoms with Gasteiger partial charge in [-0.25, -0.2) is 4.79 Å². The summed E-state index contributed by atoms with van der Waals surface area (Å²) in [5.41, 5.74) is 0.723. The molecule has 0 radical (unpaired) electrons. The predicted molar refractivity (Wildman–Crippen MR) is 84.6 cm³/mol. The molecule has 0 saturated carbocycles. The Bertz CT molecular complexity index is 394. The van der Waals surface area contributed by atoms with Crippen LogP contribution in [0.2, 0.25) is 0 Å². The fourth-order valence-corrected chi connectivity index (χ4v) is 1.96. The molecule has 1 rings (SSSR count). The molecule has 0 aromatic heterocycles. The Balaban J connectivity index is 2.52. The molecular weight excluding hydrogens is 268 g/mol. The van der Waals surface area contributed by atoms with E-state index in [0.717, 1.165) is 18.8 Å². The van der Waals surface area contributed by atoms with E-state index in [1.165, 1.54) is 0 Å². The van der Waals surface area contributed by atoms with Gasteiger partial charge < -0.3 is 14.4 Å². The Morgan fingerprint density at radius 3 is 2.43 bits per heavy atom. The molecule has 1 aromatic carbocycles. The van der Waals surface area contributed by atoms with Crippen molar-refractivity contribution >= 4 is 11.8 Å². The smallest absolute Gasteiger partial charge is 0.412 e. The topological polar surface area (TPSA) is 50.8 Å². The van der Waals surface area contributed by atoms with Crippen LogP contribution in [0.5, 0.6) is 0 Å². The van der Waals surface area contributed by atoms with Crippen LogP contribution in [0.1, 0.15) is 20.8 Å². The minimum Gasteiger partial charge on any atom is -0.442 e. The van der Waals surface area contributed by atoms with E-state index in [-0.39, 0.29) is 6.10 Å². The molecule has 1 atom stereocenters. The maximum Gasteiger partial charge on any atom is 0.412 e. The van der Waals surface area contributed by atoms with Crippen LogP contribution < -0.4 is 5.32 Å². The van der Waals surface area contributed by atoms with Gasteiger partial charge in [0.15, 0.2) is 0 Å². The van der Waals surface area contributed by atoms with Crippen molar-refractivity contribution in [1.82, 2.24) is 4.90 Å². The maximum absolute atomic E-state index is 11.9. The average Bonchev–Trinajstić information content (AvgIpc) is 2.50. The molecule has 0 aliphatic heterocycles. The molecule has 0 bridgehead atoms. The molecule has 0 saturated heterocycles. The molecule has 0 unspecified atom stereocenters. The molecule has 1 N–H and O–H groups in total. The van der Waals surface area contributed by atoms with E-state index in [1.54, 1.807) is 0 Å². The van der Waals surface area contributed by atoms with E-state index in [1.807, 2.05) is 37.3 Å².